The molecule has 1 aliphatic heterocycles. The smallest absolute Gasteiger partial charge is 0.265 e. The van der Waals surface area contributed by atoms with Crippen molar-refractivity contribution in [2.45, 2.75) is 32.7 Å². The molecule has 8 heteroatoms. The Labute approximate surface area is 162 Å². The van der Waals surface area contributed by atoms with Crippen LogP contribution >= 0.6 is 0 Å². The van der Waals surface area contributed by atoms with Crippen molar-refractivity contribution in [3.8, 4) is 0 Å². The van der Waals surface area contributed by atoms with Crippen LogP contribution in [0.15, 0.2) is 33.9 Å². The Morgan fingerprint density at radius 1 is 1.25 bits per heavy atom. The fraction of sp³-hybridized carbons (Fsp3) is 0.400. The standard InChI is InChI=1S/C20H23N5O3/c1-13-15(16-19(28-13)23-12-24(2)20(16)27)18(26)22-11-14-7-6-8-21-17(14)25-9-4-3-5-10-25/h6-8,12H,3-5,9-11H2,1-2H3,(H,22,26). The molecule has 1 amide bonds. The molecule has 0 radical (unpaired) electrons. The van der Waals surface area contributed by atoms with Gasteiger partial charge in [-0.25, -0.2) is 9.97 Å². The molecule has 3 aromatic heterocycles. The predicted octanol–water partition coefficient (Wildman–Crippen LogP) is 2.15. The second kappa shape index (κ2) is 7.46. The van der Waals surface area contributed by atoms with Crippen LogP contribution in [0.1, 0.15) is 40.9 Å². The molecule has 28 heavy (non-hydrogen) atoms. The van der Waals surface area contributed by atoms with Crippen molar-refractivity contribution in [2.24, 2.45) is 7.05 Å². The summed E-state index contributed by atoms with van der Waals surface area (Å²) in [6.45, 7) is 3.95. The van der Waals surface area contributed by atoms with Crippen LogP contribution in [0.5, 0.6) is 0 Å². The number of carbonyl (C=O) groups excluding carboxylic acids is 1. The first-order chi connectivity index (χ1) is 13.6. The van der Waals surface area contributed by atoms with Gasteiger partial charge in [0.1, 0.15) is 23.3 Å². The van der Waals surface area contributed by atoms with Gasteiger partial charge in [0.25, 0.3) is 11.5 Å². The molecule has 0 saturated carbocycles. The van der Waals surface area contributed by atoms with E-state index in [1.807, 2.05) is 12.1 Å². The molecule has 4 heterocycles. The molecule has 4 rings (SSSR count). The molecule has 1 N–H and O–H groups in total. The van der Waals surface area contributed by atoms with E-state index < -0.39 is 0 Å². The zero-order chi connectivity index (χ0) is 19.7. The average molecular weight is 381 g/mol. The van der Waals surface area contributed by atoms with Gasteiger partial charge in [0.05, 0.1) is 5.56 Å². The first-order valence-electron chi connectivity index (χ1n) is 9.48. The van der Waals surface area contributed by atoms with Crippen LogP contribution in [0.2, 0.25) is 0 Å². The van der Waals surface area contributed by atoms with Crippen molar-refractivity contribution in [3.63, 3.8) is 0 Å². The highest BCUT2D eigenvalue weighted by atomic mass is 16.3. The van der Waals surface area contributed by atoms with E-state index >= 15 is 0 Å². The lowest BCUT2D eigenvalue weighted by molar-refractivity contribution is 0.0951. The summed E-state index contributed by atoms with van der Waals surface area (Å²) < 4.78 is 6.86. The highest BCUT2D eigenvalue weighted by Gasteiger charge is 2.23. The molecule has 0 aliphatic carbocycles. The summed E-state index contributed by atoms with van der Waals surface area (Å²) in [6.07, 6.45) is 6.71. The van der Waals surface area contributed by atoms with Gasteiger partial charge in [-0.1, -0.05) is 6.07 Å². The third kappa shape index (κ3) is 3.26. The van der Waals surface area contributed by atoms with Crippen molar-refractivity contribution < 1.29 is 9.21 Å². The number of hydrogen-bond donors (Lipinski definition) is 1. The van der Waals surface area contributed by atoms with E-state index in [0.717, 1.165) is 37.3 Å². The van der Waals surface area contributed by atoms with E-state index in [9.17, 15) is 9.59 Å². The van der Waals surface area contributed by atoms with E-state index in [-0.39, 0.29) is 28.1 Å². The molecule has 146 valence electrons. The Kier molecular flexibility index (Phi) is 4.85. The molecule has 1 saturated heterocycles. The summed E-state index contributed by atoms with van der Waals surface area (Å²) in [6, 6.07) is 3.84. The molecule has 0 aromatic carbocycles. The van der Waals surface area contributed by atoms with Crippen molar-refractivity contribution in [1.29, 1.82) is 0 Å². The zero-order valence-electron chi connectivity index (χ0n) is 16.1. The lowest BCUT2D eigenvalue weighted by Gasteiger charge is -2.29. The van der Waals surface area contributed by atoms with Gasteiger partial charge in [0.15, 0.2) is 0 Å². The summed E-state index contributed by atoms with van der Waals surface area (Å²) >= 11 is 0. The molecule has 1 fully saturated rings. The second-order valence-electron chi connectivity index (χ2n) is 7.09. The molecular weight excluding hydrogens is 358 g/mol. The van der Waals surface area contributed by atoms with Crippen LogP contribution < -0.4 is 15.8 Å². The monoisotopic (exact) mass is 381 g/mol. The van der Waals surface area contributed by atoms with Crippen molar-refractivity contribution in [1.82, 2.24) is 19.9 Å². The largest absolute Gasteiger partial charge is 0.442 e. The third-order valence-electron chi connectivity index (χ3n) is 5.14. The summed E-state index contributed by atoms with van der Waals surface area (Å²) in [4.78, 5) is 36.2. The van der Waals surface area contributed by atoms with Crippen LogP contribution in [-0.2, 0) is 13.6 Å². The minimum Gasteiger partial charge on any atom is -0.442 e. The first-order valence-corrected chi connectivity index (χ1v) is 9.48. The lowest BCUT2D eigenvalue weighted by Crippen LogP contribution is -2.32. The highest BCUT2D eigenvalue weighted by molar-refractivity contribution is 6.06. The molecule has 3 aromatic rings. The summed E-state index contributed by atoms with van der Waals surface area (Å²) in [5.74, 6) is 0.939. The Balaban J connectivity index is 1.60. The minimum atomic E-state index is -0.352. The Morgan fingerprint density at radius 3 is 2.82 bits per heavy atom. The Morgan fingerprint density at radius 2 is 2.04 bits per heavy atom. The number of piperidine rings is 1. The van der Waals surface area contributed by atoms with Crippen LogP contribution in [0.3, 0.4) is 0 Å². The minimum absolute atomic E-state index is 0.182. The molecule has 0 unspecified atom stereocenters. The number of anilines is 1. The van der Waals surface area contributed by atoms with Crippen molar-refractivity contribution >= 4 is 22.8 Å². The third-order valence-corrected chi connectivity index (χ3v) is 5.14. The van der Waals surface area contributed by atoms with E-state index in [2.05, 4.69) is 20.2 Å². The van der Waals surface area contributed by atoms with Crippen LogP contribution in [0.25, 0.3) is 11.1 Å². The van der Waals surface area contributed by atoms with E-state index in [1.54, 1.807) is 20.2 Å². The number of pyridine rings is 1. The SMILES string of the molecule is Cc1oc2ncn(C)c(=O)c2c1C(=O)NCc1cccnc1N1CCCCC1. The number of fused-ring (bicyclic) bond motifs is 1. The molecular formula is C20H23N5O3. The van der Waals surface area contributed by atoms with Crippen molar-refractivity contribution in [2.75, 3.05) is 18.0 Å². The number of amides is 1. The molecule has 0 spiro atoms. The number of furan rings is 1. The maximum absolute atomic E-state index is 12.9. The molecule has 0 atom stereocenters. The van der Waals surface area contributed by atoms with Crippen LogP contribution in [0, 0.1) is 6.92 Å². The lowest BCUT2D eigenvalue weighted by atomic mass is 10.1. The Hall–Kier alpha value is -3.16. The highest BCUT2D eigenvalue weighted by Crippen LogP contribution is 2.23. The molecule has 8 nitrogen and oxygen atoms in total. The van der Waals surface area contributed by atoms with E-state index in [0.29, 0.717) is 12.3 Å². The van der Waals surface area contributed by atoms with E-state index in [1.165, 1.54) is 17.3 Å². The normalized spacial score (nSPS) is 14.4. The maximum Gasteiger partial charge on any atom is 0.265 e. The zero-order valence-corrected chi connectivity index (χ0v) is 16.1. The topological polar surface area (TPSA) is 93.3 Å². The Bertz CT molecular complexity index is 1080. The average Bonchev–Trinajstić information content (AvgIpc) is 3.06. The summed E-state index contributed by atoms with van der Waals surface area (Å²) in [7, 11) is 1.60. The maximum atomic E-state index is 12.9. The number of nitrogens with one attached hydrogen (secondary N) is 1. The fourth-order valence-electron chi connectivity index (χ4n) is 3.68. The van der Waals surface area contributed by atoms with Gasteiger partial charge in [0.2, 0.25) is 5.71 Å². The van der Waals surface area contributed by atoms with E-state index in [4.69, 9.17) is 4.42 Å². The number of nitrogens with zero attached hydrogens (tertiary/aromatic N) is 4. The van der Waals surface area contributed by atoms with Crippen LogP contribution in [0.4, 0.5) is 5.82 Å². The number of carbonyl (C=O) groups is 1. The van der Waals surface area contributed by atoms with Gasteiger partial charge in [-0.2, -0.15) is 0 Å². The summed E-state index contributed by atoms with van der Waals surface area (Å²) in [5, 5.41) is 3.13. The van der Waals surface area contributed by atoms with Gasteiger partial charge in [-0.15, -0.1) is 0 Å². The quantitative estimate of drug-likeness (QED) is 0.744. The molecule has 0 bridgehead atoms. The second-order valence-corrected chi connectivity index (χ2v) is 7.09. The first kappa shape index (κ1) is 18.2. The molecule has 1 aliphatic rings. The summed E-state index contributed by atoms with van der Waals surface area (Å²) in [5.41, 5.74) is 1.07. The van der Waals surface area contributed by atoms with Crippen molar-refractivity contribution in [3.05, 3.63) is 51.9 Å². The van der Waals surface area contributed by atoms with Gasteiger partial charge in [-0.05, 0) is 32.3 Å². The number of hydrogen-bond acceptors (Lipinski definition) is 6. The van der Waals surface area contributed by atoms with Gasteiger partial charge in [0, 0.05) is 38.4 Å². The number of aromatic nitrogens is 3. The predicted molar refractivity (Wildman–Crippen MR) is 105 cm³/mol. The number of rotatable bonds is 4. The van der Waals surface area contributed by atoms with Crippen LogP contribution in [-0.4, -0.2) is 33.5 Å². The van der Waals surface area contributed by atoms with Gasteiger partial charge < -0.3 is 19.2 Å². The van der Waals surface area contributed by atoms with Gasteiger partial charge >= 0.3 is 0 Å². The fourth-order valence-corrected chi connectivity index (χ4v) is 3.68. The van der Waals surface area contributed by atoms with Gasteiger partial charge in [-0.3, -0.25) is 9.59 Å². The number of aryl methyl sites for hydroxylation is 2.